The Hall–Kier alpha value is -1.59. The monoisotopic (exact) mass is 1060 g/mol. The van der Waals surface area contributed by atoms with Gasteiger partial charge >= 0.3 is 17.9 Å². The molecule has 0 bridgehead atoms. The second kappa shape index (κ2) is 61.6. The van der Waals surface area contributed by atoms with Crippen LogP contribution in [0.1, 0.15) is 394 Å². The summed E-state index contributed by atoms with van der Waals surface area (Å²) in [6.45, 7) is 11.5. The molecule has 0 rings (SSSR count). The van der Waals surface area contributed by atoms with E-state index in [4.69, 9.17) is 14.2 Å². The van der Waals surface area contributed by atoms with E-state index in [1.807, 2.05) is 0 Å². The van der Waals surface area contributed by atoms with Gasteiger partial charge in [0.2, 0.25) is 0 Å². The Morgan fingerprint density at radius 1 is 0.280 bits per heavy atom. The zero-order chi connectivity index (χ0) is 54.6. The quantitative estimate of drug-likeness (QED) is 0.0343. The van der Waals surface area contributed by atoms with E-state index in [0.717, 1.165) is 69.6 Å². The molecule has 0 fully saturated rings. The third-order valence-electron chi connectivity index (χ3n) is 16.3. The van der Waals surface area contributed by atoms with Crippen LogP contribution >= 0.6 is 0 Å². The van der Waals surface area contributed by atoms with Gasteiger partial charge in [0, 0.05) is 19.3 Å². The Kier molecular flexibility index (Phi) is 60.3. The fraction of sp³-hybridized carbons (Fsp3) is 0.957. The Bertz CT molecular complexity index is 1150. The van der Waals surface area contributed by atoms with Crippen LogP contribution in [0.4, 0.5) is 0 Å². The summed E-state index contributed by atoms with van der Waals surface area (Å²) in [4.78, 5) is 38.4. The zero-order valence-electron chi connectivity index (χ0n) is 51.7. The highest BCUT2D eigenvalue weighted by molar-refractivity contribution is 5.71. The van der Waals surface area contributed by atoms with Crippen molar-refractivity contribution in [2.45, 2.75) is 400 Å². The minimum atomic E-state index is -0.764. The Morgan fingerprint density at radius 3 is 0.760 bits per heavy atom. The third-order valence-corrected chi connectivity index (χ3v) is 16.3. The second-order valence-corrected chi connectivity index (χ2v) is 24.5. The molecule has 0 aromatic rings. The van der Waals surface area contributed by atoms with Crippen molar-refractivity contribution >= 4 is 17.9 Å². The molecule has 0 saturated heterocycles. The highest BCUT2D eigenvalue weighted by Gasteiger charge is 2.20. The Morgan fingerprint density at radius 2 is 0.507 bits per heavy atom. The largest absolute Gasteiger partial charge is 0.462 e. The molecule has 75 heavy (non-hydrogen) atoms. The number of carbonyl (C=O) groups is 3. The van der Waals surface area contributed by atoms with Crippen molar-refractivity contribution in [3.05, 3.63) is 0 Å². The molecule has 0 aliphatic rings. The maximum atomic E-state index is 12.9. The molecule has 0 radical (unpaired) electrons. The van der Waals surface area contributed by atoms with Gasteiger partial charge in [-0.2, -0.15) is 0 Å². The van der Waals surface area contributed by atoms with Gasteiger partial charge in [0.05, 0.1) is 0 Å². The normalized spacial score (nSPS) is 12.4. The maximum Gasteiger partial charge on any atom is 0.306 e. The van der Waals surface area contributed by atoms with Crippen LogP contribution < -0.4 is 0 Å². The van der Waals surface area contributed by atoms with Crippen LogP contribution in [0.2, 0.25) is 0 Å². The van der Waals surface area contributed by atoms with Crippen molar-refractivity contribution in [3.63, 3.8) is 0 Å². The molecule has 6 nitrogen and oxygen atoms in total. The molecular weight excluding hydrogens is 925 g/mol. The van der Waals surface area contributed by atoms with E-state index in [1.165, 1.54) is 283 Å². The first-order chi connectivity index (χ1) is 36.8. The van der Waals surface area contributed by atoms with Crippen molar-refractivity contribution < 1.29 is 28.6 Å². The van der Waals surface area contributed by atoms with Gasteiger partial charge in [-0.1, -0.05) is 356 Å². The average molecular weight is 1060 g/mol. The lowest BCUT2D eigenvalue weighted by Crippen LogP contribution is -2.30. The third kappa shape index (κ3) is 61.5. The smallest absolute Gasteiger partial charge is 0.306 e. The molecule has 446 valence electrons. The number of unbranched alkanes of at least 4 members (excludes halogenated alkanes) is 47. The highest BCUT2D eigenvalue weighted by atomic mass is 16.6. The predicted molar refractivity (Wildman–Crippen MR) is 326 cm³/mol. The summed E-state index contributed by atoms with van der Waals surface area (Å²) in [6.07, 6.45) is 69.6. The molecule has 0 amide bonds. The molecule has 0 N–H and O–H groups in total. The summed E-state index contributed by atoms with van der Waals surface area (Å²) >= 11 is 0. The molecule has 1 unspecified atom stereocenters. The lowest BCUT2D eigenvalue weighted by atomic mass is 9.99. The van der Waals surface area contributed by atoms with Gasteiger partial charge in [0.15, 0.2) is 6.10 Å². The number of hydrogen-bond donors (Lipinski definition) is 0. The minimum Gasteiger partial charge on any atom is -0.462 e. The zero-order valence-corrected chi connectivity index (χ0v) is 51.7. The maximum absolute atomic E-state index is 12.9. The van der Waals surface area contributed by atoms with Crippen LogP contribution in [-0.2, 0) is 28.6 Å². The lowest BCUT2D eigenvalue weighted by Gasteiger charge is -2.18. The van der Waals surface area contributed by atoms with Gasteiger partial charge in [-0.25, -0.2) is 0 Å². The fourth-order valence-corrected chi connectivity index (χ4v) is 10.8. The van der Waals surface area contributed by atoms with E-state index in [2.05, 4.69) is 34.6 Å². The van der Waals surface area contributed by atoms with E-state index in [0.29, 0.717) is 19.3 Å². The summed E-state index contributed by atoms with van der Waals surface area (Å²) in [6, 6.07) is 0. The van der Waals surface area contributed by atoms with Crippen LogP contribution in [0, 0.1) is 11.8 Å². The van der Waals surface area contributed by atoms with Crippen LogP contribution in [-0.4, -0.2) is 37.2 Å². The van der Waals surface area contributed by atoms with Gasteiger partial charge in [0.25, 0.3) is 0 Å². The summed E-state index contributed by atoms with van der Waals surface area (Å²) in [5.41, 5.74) is 0. The summed E-state index contributed by atoms with van der Waals surface area (Å²) in [7, 11) is 0. The van der Waals surface area contributed by atoms with E-state index < -0.39 is 6.10 Å². The lowest BCUT2D eigenvalue weighted by molar-refractivity contribution is -0.167. The van der Waals surface area contributed by atoms with Crippen molar-refractivity contribution in [3.8, 4) is 0 Å². The SMILES string of the molecule is CCCCCCCCCCCCCCCCCCCCC(=O)O[C@@H](COC(=O)CCCCCCCCCCCCCCCCCCCCC(C)CC)COC(=O)CCCCCCCCCCCCCCCCC(C)C. The van der Waals surface area contributed by atoms with E-state index in [9.17, 15) is 14.4 Å². The minimum absolute atomic E-state index is 0.0613. The summed E-state index contributed by atoms with van der Waals surface area (Å²) in [5, 5.41) is 0. The molecule has 0 spiro atoms. The molecule has 0 heterocycles. The first kappa shape index (κ1) is 73.4. The average Bonchev–Trinajstić information content (AvgIpc) is 3.40. The standard InChI is InChI=1S/C69H134O6/c1-6-8-9-10-11-12-13-14-15-16-20-24-31-36-41-46-51-56-61-69(72)75-66(63-74-68(71)60-55-50-45-40-35-30-26-25-27-32-37-42-47-52-57-64(3)4)62-73-67(70)59-54-49-44-39-34-29-23-21-18-17-19-22-28-33-38-43-48-53-58-65(5)7-2/h64-66H,6-63H2,1-5H3/t65?,66-/m0/s1. The van der Waals surface area contributed by atoms with Crippen molar-refractivity contribution in [2.75, 3.05) is 13.2 Å². The van der Waals surface area contributed by atoms with Crippen molar-refractivity contribution in [1.29, 1.82) is 0 Å². The molecule has 0 aliphatic carbocycles. The van der Waals surface area contributed by atoms with Crippen LogP contribution in [0.15, 0.2) is 0 Å². The topological polar surface area (TPSA) is 78.9 Å². The van der Waals surface area contributed by atoms with Crippen LogP contribution in [0.3, 0.4) is 0 Å². The van der Waals surface area contributed by atoms with Crippen LogP contribution in [0.25, 0.3) is 0 Å². The van der Waals surface area contributed by atoms with Gasteiger partial charge < -0.3 is 14.2 Å². The van der Waals surface area contributed by atoms with Gasteiger partial charge in [-0.05, 0) is 31.1 Å². The van der Waals surface area contributed by atoms with Crippen molar-refractivity contribution in [2.24, 2.45) is 11.8 Å². The number of rotatable bonds is 63. The van der Waals surface area contributed by atoms with Gasteiger partial charge in [-0.15, -0.1) is 0 Å². The number of esters is 3. The Balaban J connectivity index is 4.27. The number of ether oxygens (including phenoxy) is 3. The molecule has 0 saturated carbocycles. The molecule has 0 aliphatic heterocycles. The Labute approximate surface area is 469 Å². The second-order valence-electron chi connectivity index (χ2n) is 24.5. The first-order valence-corrected chi connectivity index (χ1v) is 34.3. The summed E-state index contributed by atoms with van der Waals surface area (Å²) < 4.78 is 17.0. The first-order valence-electron chi connectivity index (χ1n) is 34.3. The molecular formula is C69H134O6. The molecule has 2 atom stereocenters. The molecule has 6 heteroatoms. The highest BCUT2D eigenvalue weighted by Crippen LogP contribution is 2.20. The number of carbonyl (C=O) groups excluding carboxylic acids is 3. The van der Waals surface area contributed by atoms with Gasteiger partial charge in [0.1, 0.15) is 13.2 Å². The summed E-state index contributed by atoms with van der Waals surface area (Å²) in [5.74, 6) is 0.929. The van der Waals surface area contributed by atoms with Crippen LogP contribution in [0.5, 0.6) is 0 Å². The molecule has 0 aromatic heterocycles. The van der Waals surface area contributed by atoms with Gasteiger partial charge in [-0.3, -0.25) is 14.4 Å². The van der Waals surface area contributed by atoms with E-state index in [1.54, 1.807) is 0 Å². The fourth-order valence-electron chi connectivity index (χ4n) is 10.8. The van der Waals surface area contributed by atoms with E-state index in [-0.39, 0.29) is 31.1 Å². The van der Waals surface area contributed by atoms with E-state index >= 15 is 0 Å². The predicted octanol–water partition coefficient (Wildman–Crippen LogP) is 23.2. The number of hydrogen-bond acceptors (Lipinski definition) is 6. The molecule has 0 aromatic carbocycles. The van der Waals surface area contributed by atoms with Crippen molar-refractivity contribution in [1.82, 2.24) is 0 Å².